The normalized spacial score (nSPS) is 16.1. The number of anilines is 1. The molecule has 0 amide bonds. The first-order chi connectivity index (χ1) is 11.0. The van der Waals surface area contributed by atoms with Gasteiger partial charge in [-0.25, -0.2) is 8.42 Å². The van der Waals surface area contributed by atoms with Crippen molar-refractivity contribution in [2.75, 3.05) is 17.6 Å². The Labute approximate surface area is 138 Å². The highest BCUT2D eigenvalue weighted by atomic mass is 32.2. The molecule has 1 aromatic carbocycles. The lowest BCUT2D eigenvalue weighted by Gasteiger charge is -2.21. The molecule has 0 spiro atoms. The molecule has 1 aromatic rings. The van der Waals surface area contributed by atoms with Crippen LogP contribution in [0.5, 0.6) is 5.75 Å². The number of benzene rings is 1. The Bertz CT molecular complexity index is 649. The first-order valence-electron chi connectivity index (χ1n) is 8.19. The predicted octanol–water partition coefficient (Wildman–Crippen LogP) is 3.61. The number of hydrogen-bond donors (Lipinski definition) is 1. The number of methoxy groups -OCH3 is 1. The number of carbonyl (C=O) groups is 1. The molecule has 1 aliphatic carbocycles. The fourth-order valence-corrected chi connectivity index (χ4v) is 4.16. The van der Waals surface area contributed by atoms with Gasteiger partial charge in [0.2, 0.25) is 10.0 Å². The molecule has 0 unspecified atom stereocenters. The average molecular weight is 339 g/mol. The van der Waals surface area contributed by atoms with Gasteiger partial charge in [-0.3, -0.25) is 9.52 Å². The minimum Gasteiger partial charge on any atom is -0.495 e. The highest BCUT2D eigenvalue weighted by Gasteiger charge is 2.23. The summed E-state index contributed by atoms with van der Waals surface area (Å²) in [4.78, 5) is 12.6. The Morgan fingerprint density at radius 3 is 2.57 bits per heavy atom. The second kappa shape index (κ2) is 7.81. The van der Waals surface area contributed by atoms with E-state index in [-0.39, 0.29) is 17.5 Å². The quantitative estimate of drug-likeness (QED) is 0.770. The largest absolute Gasteiger partial charge is 0.495 e. The number of sulfonamides is 1. The van der Waals surface area contributed by atoms with E-state index in [1.165, 1.54) is 13.5 Å². The maximum Gasteiger partial charge on any atom is 0.232 e. The Morgan fingerprint density at radius 1 is 1.26 bits per heavy atom. The van der Waals surface area contributed by atoms with E-state index in [0.717, 1.165) is 25.7 Å². The van der Waals surface area contributed by atoms with Gasteiger partial charge in [-0.05, 0) is 37.5 Å². The smallest absolute Gasteiger partial charge is 0.232 e. The molecule has 2 rings (SSSR count). The lowest BCUT2D eigenvalue weighted by molar-refractivity contribution is 0.0889. The highest BCUT2D eigenvalue weighted by molar-refractivity contribution is 7.92. The first-order valence-corrected chi connectivity index (χ1v) is 9.85. The number of nitrogens with one attached hydrogen (secondary N) is 1. The van der Waals surface area contributed by atoms with Gasteiger partial charge in [0.15, 0.2) is 5.78 Å². The maximum atomic E-state index is 12.6. The maximum absolute atomic E-state index is 12.6. The summed E-state index contributed by atoms with van der Waals surface area (Å²) in [5, 5.41) is 0. The average Bonchev–Trinajstić information content (AvgIpc) is 2.54. The van der Waals surface area contributed by atoms with Crippen molar-refractivity contribution in [3.05, 3.63) is 23.8 Å². The van der Waals surface area contributed by atoms with Crippen molar-refractivity contribution in [1.29, 1.82) is 0 Å². The van der Waals surface area contributed by atoms with Crippen LogP contribution < -0.4 is 9.46 Å². The third-order valence-electron chi connectivity index (χ3n) is 4.20. The Hall–Kier alpha value is -1.56. The molecule has 128 valence electrons. The van der Waals surface area contributed by atoms with E-state index in [0.29, 0.717) is 23.4 Å². The van der Waals surface area contributed by atoms with E-state index in [1.54, 1.807) is 25.1 Å². The zero-order valence-electron chi connectivity index (χ0n) is 13.8. The van der Waals surface area contributed by atoms with Crippen molar-refractivity contribution >= 4 is 21.5 Å². The first kappa shape index (κ1) is 17.8. The van der Waals surface area contributed by atoms with Crippen LogP contribution in [0, 0.1) is 5.92 Å². The molecule has 0 radical (unpaired) electrons. The van der Waals surface area contributed by atoms with Gasteiger partial charge in [0.25, 0.3) is 0 Å². The van der Waals surface area contributed by atoms with Gasteiger partial charge in [-0.15, -0.1) is 0 Å². The van der Waals surface area contributed by atoms with E-state index in [9.17, 15) is 13.2 Å². The molecule has 6 heteroatoms. The zero-order chi connectivity index (χ0) is 16.9. The SMILES string of the molecule is CCCS(=O)(=O)Nc1cc(C(=O)C2CCCCC2)ccc1OC. The minimum absolute atomic E-state index is 0.0386. The Morgan fingerprint density at radius 2 is 1.96 bits per heavy atom. The van der Waals surface area contributed by atoms with Crippen molar-refractivity contribution in [3.63, 3.8) is 0 Å². The Kier molecular flexibility index (Phi) is 6.04. The van der Waals surface area contributed by atoms with E-state index >= 15 is 0 Å². The number of ether oxygens (including phenoxy) is 1. The lowest BCUT2D eigenvalue weighted by Crippen LogP contribution is -2.19. The van der Waals surface area contributed by atoms with Crippen LogP contribution in [0.25, 0.3) is 0 Å². The van der Waals surface area contributed by atoms with Crippen LogP contribution in [0.2, 0.25) is 0 Å². The molecule has 0 atom stereocenters. The summed E-state index contributed by atoms with van der Waals surface area (Å²) in [7, 11) is -1.94. The summed E-state index contributed by atoms with van der Waals surface area (Å²) in [5.41, 5.74) is 0.884. The molecule has 1 N–H and O–H groups in total. The summed E-state index contributed by atoms with van der Waals surface area (Å²) >= 11 is 0. The van der Waals surface area contributed by atoms with Gasteiger partial charge in [0, 0.05) is 11.5 Å². The van der Waals surface area contributed by atoms with Gasteiger partial charge in [0.05, 0.1) is 18.6 Å². The van der Waals surface area contributed by atoms with Crippen molar-refractivity contribution in [3.8, 4) is 5.75 Å². The van der Waals surface area contributed by atoms with Crippen LogP contribution >= 0.6 is 0 Å². The molecule has 1 fully saturated rings. The van der Waals surface area contributed by atoms with Crippen molar-refractivity contribution in [1.82, 2.24) is 0 Å². The van der Waals surface area contributed by atoms with Crippen LogP contribution in [0.15, 0.2) is 18.2 Å². The summed E-state index contributed by atoms with van der Waals surface area (Å²) in [5.74, 6) is 0.613. The van der Waals surface area contributed by atoms with Gasteiger partial charge in [-0.2, -0.15) is 0 Å². The molecule has 0 aliphatic heterocycles. The van der Waals surface area contributed by atoms with Crippen molar-refractivity contribution < 1.29 is 17.9 Å². The number of Topliss-reactive ketones (excluding diaryl/α,β-unsaturated/α-hetero) is 1. The number of ketones is 1. The molecule has 0 saturated heterocycles. The monoisotopic (exact) mass is 339 g/mol. The molecule has 23 heavy (non-hydrogen) atoms. The topological polar surface area (TPSA) is 72.5 Å². The summed E-state index contributed by atoms with van der Waals surface area (Å²) in [6.07, 6.45) is 5.72. The lowest BCUT2D eigenvalue weighted by atomic mass is 9.84. The molecule has 5 nitrogen and oxygen atoms in total. The van der Waals surface area contributed by atoms with Crippen LogP contribution in [0.1, 0.15) is 55.8 Å². The number of rotatable bonds is 7. The van der Waals surface area contributed by atoms with E-state index < -0.39 is 10.0 Å². The zero-order valence-corrected chi connectivity index (χ0v) is 14.6. The third kappa shape index (κ3) is 4.70. The minimum atomic E-state index is -3.43. The number of carbonyl (C=O) groups excluding carboxylic acids is 1. The molecular weight excluding hydrogens is 314 g/mol. The fourth-order valence-electron chi connectivity index (χ4n) is 3.03. The van der Waals surface area contributed by atoms with E-state index in [4.69, 9.17) is 4.74 Å². The third-order valence-corrected chi connectivity index (χ3v) is 5.67. The van der Waals surface area contributed by atoms with Gasteiger partial charge < -0.3 is 4.74 Å². The number of hydrogen-bond acceptors (Lipinski definition) is 4. The van der Waals surface area contributed by atoms with E-state index in [1.807, 2.05) is 0 Å². The van der Waals surface area contributed by atoms with Crippen molar-refractivity contribution in [2.24, 2.45) is 5.92 Å². The van der Waals surface area contributed by atoms with Crippen LogP contribution in [-0.4, -0.2) is 27.1 Å². The second-order valence-electron chi connectivity index (χ2n) is 6.04. The molecule has 0 heterocycles. The standard InChI is InChI=1S/C17H25NO4S/c1-3-11-23(20,21)18-15-12-14(9-10-16(15)22-2)17(19)13-7-5-4-6-8-13/h9-10,12-13,18H,3-8,11H2,1-2H3. The van der Waals surface area contributed by atoms with E-state index in [2.05, 4.69) is 4.72 Å². The summed E-state index contributed by atoms with van der Waals surface area (Å²) in [6.45, 7) is 1.81. The molecular formula is C17H25NO4S. The molecule has 0 bridgehead atoms. The highest BCUT2D eigenvalue weighted by Crippen LogP contribution is 2.31. The summed E-state index contributed by atoms with van der Waals surface area (Å²) < 4.78 is 31.7. The van der Waals surface area contributed by atoms with Gasteiger partial charge >= 0.3 is 0 Å². The fraction of sp³-hybridized carbons (Fsp3) is 0.588. The van der Waals surface area contributed by atoms with Gasteiger partial charge in [0.1, 0.15) is 5.75 Å². The van der Waals surface area contributed by atoms with Crippen LogP contribution in [0.3, 0.4) is 0 Å². The summed E-state index contributed by atoms with van der Waals surface area (Å²) in [6, 6.07) is 4.97. The molecule has 1 aliphatic rings. The van der Waals surface area contributed by atoms with Crippen LogP contribution in [-0.2, 0) is 10.0 Å². The van der Waals surface area contributed by atoms with Gasteiger partial charge in [-0.1, -0.05) is 26.2 Å². The second-order valence-corrected chi connectivity index (χ2v) is 7.88. The Balaban J connectivity index is 2.25. The molecule has 0 aromatic heterocycles. The van der Waals surface area contributed by atoms with Crippen LogP contribution in [0.4, 0.5) is 5.69 Å². The van der Waals surface area contributed by atoms with Crippen molar-refractivity contribution in [2.45, 2.75) is 45.4 Å². The predicted molar refractivity (Wildman–Crippen MR) is 91.6 cm³/mol. The molecule has 1 saturated carbocycles.